The highest BCUT2D eigenvalue weighted by molar-refractivity contribution is 8.01. The fourth-order valence-electron chi connectivity index (χ4n) is 2.02. The van der Waals surface area contributed by atoms with Crippen LogP contribution in [0.5, 0.6) is 0 Å². The van der Waals surface area contributed by atoms with Crippen LogP contribution >= 0.6 is 23.3 Å². The van der Waals surface area contributed by atoms with Gasteiger partial charge in [0, 0.05) is 11.3 Å². The molecule has 15 heavy (non-hydrogen) atoms. The molecule has 0 aromatic carbocycles. The third-order valence-electron chi connectivity index (χ3n) is 2.68. The maximum Gasteiger partial charge on any atom is 0.170 e. The van der Waals surface area contributed by atoms with Crippen LogP contribution in [0.2, 0.25) is 0 Å². The standard InChI is InChI=1S/C10H17N3S2/c1-3-11-8-5-4-6-9(8)14-10-12-7(2)13-15-10/h8-9,11H,3-6H2,1-2H3. The van der Waals surface area contributed by atoms with E-state index >= 15 is 0 Å². The maximum absolute atomic E-state index is 4.41. The van der Waals surface area contributed by atoms with Crippen LogP contribution in [0.3, 0.4) is 0 Å². The average Bonchev–Trinajstić information content (AvgIpc) is 2.78. The minimum Gasteiger partial charge on any atom is -0.313 e. The summed E-state index contributed by atoms with van der Waals surface area (Å²) in [6.45, 7) is 5.20. The van der Waals surface area contributed by atoms with Crippen molar-refractivity contribution in [3.63, 3.8) is 0 Å². The van der Waals surface area contributed by atoms with Crippen LogP contribution in [-0.4, -0.2) is 27.2 Å². The van der Waals surface area contributed by atoms with Crippen molar-refractivity contribution in [1.82, 2.24) is 14.7 Å². The Bertz CT molecular complexity index is 313. The van der Waals surface area contributed by atoms with Crippen LogP contribution in [0.1, 0.15) is 32.0 Å². The maximum atomic E-state index is 4.41. The summed E-state index contributed by atoms with van der Waals surface area (Å²) < 4.78 is 5.35. The molecule has 0 saturated heterocycles. The number of thioether (sulfide) groups is 1. The molecule has 0 spiro atoms. The molecule has 0 bridgehead atoms. The average molecular weight is 243 g/mol. The Balaban J connectivity index is 1.93. The molecule has 1 N–H and O–H groups in total. The van der Waals surface area contributed by atoms with Crippen molar-refractivity contribution in [1.29, 1.82) is 0 Å². The van der Waals surface area contributed by atoms with Crippen molar-refractivity contribution >= 4 is 23.3 Å². The van der Waals surface area contributed by atoms with Gasteiger partial charge in [0.15, 0.2) is 4.34 Å². The third-order valence-corrected chi connectivity index (χ3v) is 4.96. The van der Waals surface area contributed by atoms with Crippen LogP contribution in [0, 0.1) is 6.92 Å². The van der Waals surface area contributed by atoms with Crippen LogP contribution in [0.25, 0.3) is 0 Å². The van der Waals surface area contributed by atoms with Crippen molar-refractivity contribution in [3.8, 4) is 0 Å². The van der Waals surface area contributed by atoms with Gasteiger partial charge in [-0.1, -0.05) is 25.1 Å². The largest absolute Gasteiger partial charge is 0.313 e. The third kappa shape index (κ3) is 2.92. The molecule has 84 valence electrons. The van der Waals surface area contributed by atoms with Crippen LogP contribution in [0.15, 0.2) is 4.34 Å². The lowest BCUT2D eigenvalue weighted by Crippen LogP contribution is -2.33. The predicted octanol–water partition coefficient (Wildman–Crippen LogP) is 2.47. The van der Waals surface area contributed by atoms with Crippen molar-refractivity contribution in [3.05, 3.63) is 5.82 Å². The topological polar surface area (TPSA) is 37.8 Å². The number of nitrogens with zero attached hydrogens (tertiary/aromatic N) is 2. The van der Waals surface area contributed by atoms with E-state index in [2.05, 4.69) is 21.6 Å². The van der Waals surface area contributed by atoms with Gasteiger partial charge in [-0.2, -0.15) is 4.37 Å². The molecule has 1 aliphatic rings. The molecule has 1 fully saturated rings. The lowest BCUT2D eigenvalue weighted by molar-refractivity contribution is 0.551. The molecule has 1 saturated carbocycles. The van der Waals surface area contributed by atoms with Crippen LogP contribution in [0.4, 0.5) is 0 Å². The Morgan fingerprint density at radius 3 is 3.07 bits per heavy atom. The summed E-state index contributed by atoms with van der Waals surface area (Å²) in [4.78, 5) is 4.41. The van der Waals surface area contributed by atoms with E-state index in [-0.39, 0.29) is 0 Å². The Hall–Kier alpha value is -0.130. The monoisotopic (exact) mass is 243 g/mol. The van der Waals surface area contributed by atoms with Gasteiger partial charge in [-0.25, -0.2) is 4.98 Å². The summed E-state index contributed by atoms with van der Waals surface area (Å²) in [5.74, 6) is 0.903. The highest BCUT2D eigenvalue weighted by Crippen LogP contribution is 2.35. The summed E-state index contributed by atoms with van der Waals surface area (Å²) in [5, 5.41) is 4.25. The van der Waals surface area contributed by atoms with Crippen LogP contribution in [-0.2, 0) is 0 Å². The number of rotatable bonds is 4. The number of aromatic nitrogens is 2. The van der Waals surface area contributed by atoms with E-state index in [0.717, 1.165) is 16.7 Å². The molecule has 2 atom stereocenters. The second kappa shape index (κ2) is 5.27. The highest BCUT2D eigenvalue weighted by atomic mass is 32.2. The SMILES string of the molecule is CCNC1CCCC1Sc1nc(C)ns1. The van der Waals surface area contributed by atoms with Crippen molar-refractivity contribution in [2.45, 2.75) is 48.7 Å². The smallest absolute Gasteiger partial charge is 0.170 e. The molecule has 0 radical (unpaired) electrons. The molecule has 1 heterocycles. The van der Waals surface area contributed by atoms with Gasteiger partial charge >= 0.3 is 0 Å². The van der Waals surface area contributed by atoms with Gasteiger partial charge in [0.1, 0.15) is 5.82 Å². The molecule has 1 aliphatic carbocycles. The summed E-state index contributed by atoms with van der Waals surface area (Å²) >= 11 is 3.43. The van der Waals surface area contributed by atoms with Gasteiger partial charge in [-0.05, 0) is 37.8 Å². The Morgan fingerprint density at radius 2 is 2.40 bits per heavy atom. The van der Waals surface area contributed by atoms with Crippen LogP contribution < -0.4 is 5.32 Å². The van der Waals surface area contributed by atoms with E-state index in [9.17, 15) is 0 Å². The summed E-state index contributed by atoms with van der Waals surface area (Å²) in [7, 11) is 0. The summed E-state index contributed by atoms with van der Waals surface area (Å²) in [6, 6.07) is 0.671. The Labute approximate surface area is 99.2 Å². The second-order valence-corrected chi connectivity index (χ2v) is 6.10. The fraction of sp³-hybridized carbons (Fsp3) is 0.800. The van der Waals surface area contributed by atoms with Gasteiger partial charge in [-0.3, -0.25) is 0 Å². The minimum absolute atomic E-state index is 0.671. The van der Waals surface area contributed by atoms with Gasteiger partial charge in [0.25, 0.3) is 0 Å². The molecule has 1 aromatic rings. The number of nitrogens with one attached hydrogen (secondary N) is 1. The Morgan fingerprint density at radius 1 is 1.53 bits per heavy atom. The second-order valence-electron chi connectivity index (χ2n) is 3.86. The van der Waals surface area contributed by atoms with Gasteiger partial charge < -0.3 is 5.32 Å². The summed E-state index contributed by atoms with van der Waals surface area (Å²) in [6.07, 6.45) is 3.96. The molecule has 0 aliphatic heterocycles. The van der Waals surface area contributed by atoms with Crippen molar-refractivity contribution in [2.24, 2.45) is 0 Å². The zero-order valence-corrected chi connectivity index (χ0v) is 10.8. The molecular weight excluding hydrogens is 226 g/mol. The van der Waals surface area contributed by atoms with Gasteiger partial charge in [-0.15, -0.1) is 0 Å². The lowest BCUT2D eigenvalue weighted by Gasteiger charge is -2.18. The number of hydrogen-bond acceptors (Lipinski definition) is 5. The zero-order chi connectivity index (χ0) is 10.7. The molecule has 3 nitrogen and oxygen atoms in total. The fourth-order valence-corrected chi connectivity index (χ4v) is 4.22. The minimum atomic E-state index is 0.671. The number of hydrogen-bond donors (Lipinski definition) is 1. The molecular formula is C10H17N3S2. The van der Waals surface area contributed by atoms with E-state index in [1.807, 2.05) is 18.7 Å². The zero-order valence-electron chi connectivity index (χ0n) is 9.19. The first kappa shape index (κ1) is 11.4. The molecule has 5 heteroatoms. The van der Waals surface area contributed by atoms with E-state index < -0.39 is 0 Å². The molecule has 2 rings (SSSR count). The van der Waals surface area contributed by atoms with E-state index in [1.165, 1.54) is 30.8 Å². The quantitative estimate of drug-likeness (QED) is 0.881. The predicted molar refractivity (Wildman–Crippen MR) is 65.6 cm³/mol. The van der Waals surface area contributed by atoms with E-state index in [0.29, 0.717) is 11.3 Å². The van der Waals surface area contributed by atoms with Crippen molar-refractivity contribution < 1.29 is 0 Å². The first-order valence-corrected chi connectivity index (χ1v) is 7.15. The first-order valence-electron chi connectivity index (χ1n) is 5.50. The van der Waals surface area contributed by atoms with Crippen molar-refractivity contribution in [2.75, 3.05) is 6.54 Å². The number of aryl methyl sites for hydroxylation is 1. The first-order chi connectivity index (χ1) is 7.29. The highest BCUT2D eigenvalue weighted by Gasteiger charge is 2.28. The van der Waals surface area contributed by atoms with Gasteiger partial charge in [0.05, 0.1) is 0 Å². The van der Waals surface area contributed by atoms with E-state index in [1.54, 1.807) is 0 Å². The van der Waals surface area contributed by atoms with E-state index in [4.69, 9.17) is 0 Å². The summed E-state index contributed by atoms with van der Waals surface area (Å²) in [5.41, 5.74) is 0. The molecule has 2 unspecified atom stereocenters. The van der Waals surface area contributed by atoms with Gasteiger partial charge in [0.2, 0.25) is 0 Å². The Kier molecular flexibility index (Phi) is 3.99. The normalized spacial score (nSPS) is 26.0. The molecule has 0 amide bonds. The molecule has 1 aromatic heterocycles. The lowest BCUT2D eigenvalue weighted by atomic mass is 10.2.